The van der Waals surface area contributed by atoms with Crippen LogP contribution >= 0.6 is 11.3 Å². The van der Waals surface area contributed by atoms with Crippen LogP contribution in [0.4, 0.5) is 11.8 Å². The molecule has 1 aliphatic rings. The Morgan fingerprint density at radius 2 is 2.33 bits per heavy atom. The Hall–Kier alpha value is -1.36. The van der Waals surface area contributed by atoms with Crippen LogP contribution in [0.25, 0.3) is 10.2 Å². The maximum Gasteiger partial charge on any atom is 0.222 e. The molecular formula is C13H18N4S. The first-order valence-corrected chi connectivity index (χ1v) is 7.35. The van der Waals surface area contributed by atoms with Gasteiger partial charge in [0.15, 0.2) is 0 Å². The second-order valence-corrected chi connectivity index (χ2v) is 6.15. The molecule has 0 aliphatic heterocycles. The van der Waals surface area contributed by atoms with Crippen LogP contribution in [-0.2, 0) is 0 Å². The van der Waals surface area contributed by atoms with Crippen LogP contribution < -0.4 is 11.1 Å². The second kappa shape index (κ2) is 4.72. The smallest absolute Gasteiger partial charge is 0.222 e. The van der Waals surface area contributed by atoms with Crippen molar-refractivity contribution < 1.29 is 0 Å². The van der Waals surface area contributed by atoms with Gasteiger partial charge in [-0.3, -0.25) is 0 Å². The van der Waals surface area contributed by atoms with Gasteiger partial charge in [-0.1, -0.05) is 13.3 Å². The Kier molecular flexibility index (Phi) is 3.07. The van der Waals surface area contributed by atoms with Crippen molar-refractivity contribution in [2.24, 2.45) is 11.8 Å². The lowest BCUT2D eigenvalue weighted by Crippen LogP contribution is -2.13. The average molecular weight is 262 g/mol. The number of hydrogen-bond donors (Lipinski definition) is 2. The summed E-state index contributed by atoms with van der Waals surface area (Å²) in [5, 5.41) is 5.49. The molecule has 1 fully saturated rings. The van der Waals surface area contributed by atoms with Crippen LogP contribution in [-0.4, -0.2) is 16.5 Å². The molecule has 5 heteroatoms. The fourth-order valence-corrected chi connectivity index (χ4v) is 3.55. The van der Waals surface area contributed by atoms with Gasteiger partial charge in [0.2, 0.25) is 5.95 Å². The number of anilines is 2. The summed E-state index contributed by atoms with van der Waals surface area (Å²) >= 11 is 1.66. The van der Waals surface area contributed by atoms with E-state index in [4.69, 9.17) is 5.73 Å². The van der Waals surface area contributed by atoms with Gasteiger partial charge in [-0.25, -0.2) is 4.98 Å². The van der Waals surface area contributed by atoms with Gasteiger partial charge in [0.05, 0.1) is 10.2 Å². The molecule has 1 aliphatic carbocycles. The summed E-state index contributed by atoms with van der Waals surface area (Å²) in [5.74, 6) is 2.88. The van der Waals surface area contributed by atoms with E-state index in [0.717, 1.165) is 34.4 Å². The van der Waals surface area contributed by atoms with E-state index in [2.05, 4.69) is 22.2 Å². The fourth-order valence-electron chi connectivity index (χ4n) is 2.75. The number of nitrogen functional groups attached to an aromatic ring is 1. The number of fused-ring (bicyclic) bond motifs is 1. The molecule has 0 radical (unpaired) electrons. The van der Waals surface area contributed by atoms with Crippen LogP contribution in [0, 0.1) is 11.8 Å². The predicted octanol–water partition coefficient (Wildman–Crippen LogP) is 3.12. The van der Waals surface area contributed by atoms with Crippen LogP contribution in [0.15, 0.2) is 11.4 Å². The van der Waals surface area contributed by atoms with Crippen LogP contribution in [0.1, 0.15) is 26.2 Å². The lowest BCUT2D eigenvalue weighted by Gasteiger charge is -2.12. The van der Waals surface area contributed by atoms with E-state index in [-0.39, 0.29) is 0 Å². The minimum absolute atomic E-state index is 0.350. The highest BCUT2D eigenvalue weighted by molar-refractivity contribution is 7.17. The van der Waals surface area contributed by atoms with Gasteiger partial charge in [0.1, 0.15) is 5.82 Å². The highest BCUT2D eigenvalue weighted by Gasteiger charge is 2.21. The van der Waals surface area contributed by atoms with Crippen LogP contribution in [0.3, 0.4) is 0 Å². The van der Waals surface area contributed by atoms with Gasteiger partial charge in [0.25, 0.3) is 0 Å². The normalized spacial score (nSPS) is 23.6. The molecule has 0 spiro atoms. The topological polar surface area (TPSA) is 63.8 Å². The van der Waals surface area contributed by atoms with E-state index in [1.54, 1.807) is 11.3 Å². The van der Waals surface area contributed by atoms with Crippen molar-refractivity contribution in [3.05, 3.63) is 11.4 Å². The first-order chi connectivity index (χ1) is 8.72. The monoisotopic (exact) mass is 262 g/mol. The number of hydrogen-bond acceptors (Lipinski definition) is 5. The van der Waals surface area contributed by atoms with Gasteiger partial charge in [-0.15, -0.1) is 11.3 Å². The van der Waals surface area contributed by atoms with E-state index in [9.17, 15) is 0 Å². The Morgan fingerprint density at radius 3 is 3.11 bits per heavy atom. The number of thiophene rings is 1. The maximum absolute atomic E-state index is 5.73. The largest absolute Gasteiger partial charge is 0.368 e. The minimum Gasteiger partial charge on any atom is -0.368 e. The highest BCUT2D eigenvalue weighted by atomic mass is 32.1. The zero-order valence-electron chi connectivity index (χ0n) is 10.5. The van der Waals surface area contributed by atoms with Crippen LogP contribution in [0.2, 0.25) is 0 Å². The molecule has 2 aromatic heterocycles. The Bertz CT molecular complexity index is 551. The molecule has 1 saturated carbocycles. The summed E-state index contributed by atoms with van der Waals surface area (Å²) in [6.07, 6.45) is 4.00. The third-order valence-corrected chi connectivity index (χ3v) is 4.59. The molecule has 18 heavy (non-hydrogen) atoms. The van der Waals surface area contributed by atoms with Crippen molar-refractivity contribution in [2.75, 3.05) is 17.6 Å². The molecule has 2 aromatic rings. The van der Waals surface area contributed by atoms with E-state index in [1.807, 2.05) is 11.4 Å². The molecule has 0 bridgehead atoms. The molecule has 96 valence electrons. The van der Waals surface area contributed by atoms with E-state index in [0.29, 0.717) is 5.95 Å². The van der Waals surface area contributed by atoms with Gasteiger partial charge in [-0.2, -0.15) is 4.98 Å². The van der Waals surface area contributed by atoms with E-state index < -0.39 is 0 Å². The van der Waals surface area contributed by atoms with Gasteiger partial charge in [-0.05, 0) is 36.1 Å². The third-order valence-electron chi connectivity index (χ3n) is 3.68. The van der Waals surface area contributed by atoms with Gasteiger partial charge in [0, 0.05) is 6.54 Å². The molecule has 2 unspecified atom stereocenters. The average Bonchev–Trinajstić information content (AvgIpc) is 2.94. The predicted molar refractivity (Wildman–Crippen MR) is 76.8 cm³/mol. The van der Waals surface area contributed by atoms with E-state index in [1.165, 1.54) is 19.3 Å². The van der Waals surface area contributed by atoms with Crippen molar-refractivity contribution >= 4 is 33.3 Å². The van der Waals surface area contributed by atoms with Crippen molar-refractivity contribution in [1.29, 1.82) is 0 Å². The standard InChI is InChI=1S/C13H18N4S/c1-8-2-3-9(6-8)7-15-12-11-10(4-5-18-11)16-13(14)17-12/h4-5,8-9H,2-3,6-7H2,1H3,(H3,14,15,16,17). The summed E-state index contributed by atoms with van der Waals surface area (Å²) in [5.41, 5.74) is 6.67. The molecule has 0 saturated heterocycles. The zero-order chi connectivity index (χ0) is 12.5. The summed E-state index contributed by atoms with van der Waals surface area (Å²) in [6, 6.07) is 1.99. The molecule has 3 N–H and O–H groups in total. The van der Waals surface area contributed by atoms with Crippen molar-refractivity contribution in [3.8, 4) is 0 Å². The fraction of sp³-hybridized carbons (Fsp3) is 0.538. The summed E-state index contributed by atoms with van der Waals surface area (Å²) in [6.45, 7) is 3.33. The number of nitrogens with zero attached hydrogens (tertiary/aromatic N) is 2. The summed E-state index contributed by atoms with van der Waals surface area (Å²) < 4.78 is 1.11. The zero-order valence-corrected chi connectivity index (χ0v) is 11.3. The molecule has 2 atom stereocenters. The third kappa shape index (κ3) is 2.27. The number of aromatic nitrogens is 2. The first kappa shape index (κ1) is 11.7. The van der Waals surface area contributed by atoms with Crippen molar-refractivity contribution in [1.82, 2.24) is 9.97 Å². The number of nitrogens with two attached hydrogens (primary N) is 1. The van der Waals surface area contributed by atoms with Crippen LogP contribution in [0.5, 0.6) is 0 Å². The first-order valence-electron chi connectivity index (χ1n) is 6.47. The lowest BCUT2D eigenvalue weighted by molar-refractivity contribution is 0.537. The Morgan fingerprint density at radius 1 is 1.44 bits per heavy atom. The molecule has 3 rings (SSSR count). The molecule has 2 heterocycles. The minimum atomic E-state index is 0.350. The molecular weight excluding hydrogens is 244 g/mol. The Labute approximate surface area is 111 Å². The van der Waals surface area contributed by atoms with Gasteiger partial charge < -0.3 is 11.1 Å². The quantitative estimate of drug-likeness (QED) is 0.892. The molecule has 0 amide bonds. The molecule has 4 nitrogen and oxygen atoms in total. The van der Waals surface area contributed by atoms with Gasteiger partial charge >= 0.3 is 0 Å². The second-order valence-electron chi connectivity index (χ2n) is 5.23. The number of nitrogens with one attached hydrogen (secondary N) is 1. The summed E-state index contributed by atoms with van der Waals surface area (Å²) in [7, 11) is 0. The van der Waals surface area contributed by atoms with Crippen molar-refractivity contribution in [2.45, 2.75) is 26.2 Å². The Balaban J connectivity index is 1.75. The van der Waals surface area contributed by atoms with E-state index >= 15 is 0 Å². The molecule has 0 aromatic carbocycles. The lowest BCUT2D eigenvalue weighted by atomic mass is 10.1. The van der Waals surface area contributed by atoms with Crippen molar-refractivity contribution in [3.63, 3.8) is 0 Å². The maximum atomic E-state index is 5.73. The SMILES string of the molecule is CC1CCC(CNc2nc(N)nc3ccsc23)C1. The summed E-state index contributed by atoms with van der Waals surface area (Å²) in [4.78, 5) is 8.54. The highest BCUT2D eigenvalue weighted by Crippen LogP contribution is 2.31. The number of rotatable bonds is 3.